The molecule has 0 radical (unpaired) electrons. The molecule has 2 fully saturated rings. The lowest BCUT2D eigenvalue weighted by Crippen LogP contribution is -2.39. The summed E-state index contributed by atoms with van der Waals surface area (Å²) in [6.07, 6.45) is 3.91. The summed E-state index contributed by atoms with van der Waals surface area (Å²) in [6, 6.07) is 28.4. The molecule has 4 aliphatic rings. The van der Waals surface area contributed by atoms with Crippen LogP contribution in [0.4, 0.5) is 4.79 Å². The van der Waals surface area contributed by atoms with Crippen molar-refractivity contribution < 1.29 is 38.1 Å². The molecule has 0 atom stereocenters. The van der Waals surface area contributed by atoms with Crippen molar-refractivity contribution in [3.8, 4) is 23.0 Å². The van der Waals surface area contributed by atoms with E-state index in [4.69, 9.17) is 29.4 Å². The summed E-state index contributed by atoms with van der Waals surface area (Å²) in [4.78, 5) is 45.7. The lowest BCUT2D eigenvalue weighted by atomic mass is 9.87. The molecule has 0 unspecified atom stereocenters. The zero-order valence-corrected chi connectivity index (χ0v) is 38.5. The van der Waals surface area contributed by atoms with Gasteiger partial charge in [-0.15, -0.1) is 0 Å². The predicted molar refractivity (Wildman–Crippen MR) is 250 cm³/mol. The minimum atomic E-state index is -0.537. The van der Waals surface area contributed by atoms with Crippen molar-refractivity contribution in [2.45, 2.75) is 114 Å². The maximum atomic E-state index is 13.4. The van der Waals surface area contributed by atoms with Gasteiger partial charge < -0.3 is 44.7 Å². The SMILES string of the molecule is CC(C)(C)OC(=O)NCC(C)(C)c1cc2cc(CC(=O)C3(c4ccc5c(c4)OCO5)CC3)ccc2[nH]1.CC(C)(CN)c1cc2cc(CC(=O)C3(c4ccc5c(c4)OCO5)CC3)ccc2[nH]1. The average molecular weight is 881 g/mol. The summed E-state index contributed by atoms with van der Waals surface area (Å²) in [7, 11) is 0. The van der Waals surface area contributed by atoms with E-state index in [-0.39, 0.29) is 41.4 Å². The van der Waals surface area contributed by atoms with Crippen LogP contribution in [-0.2, 0) is 48.8 Å². The molecule has 2 aromatic heterocycles. The number of nitrogens with one attached hydrogen (secondary N) is 3. The standard InChI is InChI=1S/C29H34N2O5.C24H26N2O3/c1-27(2,3)36-26(33)30-16-28(4,5)24-14-19-12-18(6-8-21(19)31-24)13-25(32)29(10-11-29)20-7-9-22-23(15-20)35-17-34-22;1-23(2,13-25)21-11-16-9-15(3-5-18(16)26-21)10-22(27)24(7-8-24)17-4-6-19-20(12-17)29-14-28-19/h6-9,12,14-15,31H,10-11,13,16-17H2,1-5H3,(H,30,33);3-6,9,11-12,26H,7-8,10,13-14,25H2,1-2H3. The first-order chi connectivity index (χ1) is 30.9. The minimum absolute atomic E-state index is 0.105. The maximum Gasteiger partial charge on any atom is 0.407 e. The Kier molecular flexibility index (Phi) is 11.0. The highest BCUT2D eigenvalue weighted by atomic mass is 16.7. The quantitative estimate of drug-likeness (QED) is 0.0884. The monoisotopic (exact) mass is 880 g/mol. The van der Waals surface area contributed by atoms with Crippen molar-refractivity contribution in [1.82, 2.24) is 15.3 Å². The number of nitrogens with two attached hydrogens (primary N) is 1. The number of hydrogen-bond donors (Lipinski definition) is 4. The van der Waals surface area contributed by atoms with Gasteiger partial charge in [0.1, 0.15) is 17.2 Å². The Morgan fingerprint density at radius 2 is 1.05 bits per heavy atom. The molecule has 6 aromatic rings. The third-order valence-electron chi connectivity index (χ3n) is 13.6. The number of carbonyl (C=O) groups excluding carboxylic acids is 3. The Balaban J connectivity index is 0.000000168. The molecule has 65 heavy (non-hydrogen) atoms. The number of Topliss-reactive ketones (excluding diaryl/α,β-unsaturated/α-hetero) is 2. The Hall–Kier alpha value is -6.27. The number of carbonyl (C=O) groups is 3. The number of alkyl carbamates (subject to hydrolysis) is 1. The van der Waals surface area contributed by atoms with Gasteiger partial charge in [-0.25, -0.2) is 4.79 Å². The number of benzene rings is 4. The first kappa shape index (κ1) is 44.0. The molecule has 2 saturated carbocycles. The molecule has 4 aromatic carbocycles. The number of H-pyrrole nitrogens is 2. The summed E-state index contributed by atoms with van der Waals surface area (Å²) in [5.74, 6) is 3.46. The molecule has 0 saturated heterocycles. The van der Waals surface area contributed by atoms with Crippen molar-refractivity contribution in [3.05, 3.63) is 119 Å². The van der Waals surface area contributed by atoms with Crippen LogP contribution in [0.2, 0.25) is 0 Å². The third kappa shape index (κ3) is 8.93. The molecule has 4 heterocycles. The zero-order valence-electron chi connectivity index (χ0n) is 38.5. The van der Waals surface area contributed by atoms with E-state index in [0.29, 0.717) is 25.9 Å². The average Bonchev–Trinajstić information content (AvgIpc) is 3.96. The fourth-order valence-corrected chi connectivity index (χ4v) is 8.93. The number of fused-ring (bicyclic) bond motifs is 4. The summed E-state index contributed by atoms with van der Waals surface area (Å²) in [6.45, 7) is 15.4. The molecular formula is C53H60N4O8. The summed E-state index contributed by atoms with van der Waals surface area (Å²) in [5, 5.41) is 5.05. The number of ether oxygens (including phenoxy) is 5. The van der Waals surface area contributed by atoms with E-state index in [0.717, 1.165) is 104 Å². The molecule has 1 amide bonds. The Morgan fingerprint density at radius 1 is 0.600 bits per heavy atom. The number of hydrogen-bond acceptors (Lipinski definition) is 9. The second-order valence-corrected chi connectivity index (χ2v) is 20.5. The van der Waals surface area contributed by atoms with E-state index < -0.39 is 17.1 Å². The van der Waals surface area contributed by atoms with E-state index in [1.54, 1.807) is 0 Å². The van der Waals surface area contributed by atoms with Crippen LogP contribution in [0.25, 0.3) is 21.8 Å². The maximum absolute atomic E-state index is 13.4. The zero-order chi connectivity index (χ0) is 45.9. The fourth-order valence-electron chi connectivity index (χ4n) is 8.93. The summed E-state index contributed by atoms with van der Waals surface area (Å²) >= 11 is 0. The van der Waals surface area contributed by atoms with Crippen LogP contribution in [0.3, 0.4) is 0 Å². The van der Waals surface area contributed by atoms with E-state index in [9.17, 15) is 14.4 Å². The summed E-state index contributed by atoms with van der Waals surface area (Å²) < 4.78 is 27.2. The molecule has 5 N–H and O–H groups in total. The molecule has 0 bridgehead atoms. The van der Waals surface area contributed by atoms with Gasteiger partial charge in [-0.2, -0.15) is 0 Å². The van der Waals surface area contributed by atoms with Gasteiger partial charge in [0, 0.05) is 59.2 Å². The minimum Gasteiger partial charge on any atom is -0.454 e. The number of aromatic amines is 2. The Morgan fingerprint density at radius 3 is 1.48 bits per heavy atom. The number of amides is 1. The number of aromatic nitrogens is 2. The lowest BCUT2D eigenvalue weighted by Gasteiger charge is -2.25. The highest BCUT2D eigenvalue weighted by Crippen LogP contribution is 2.53. The van der Waals surface area contributed by atoms with Crippen LogP contribution < -0.4 is 30.0 Å². The highest BCUT2D eigenvalue weighted by Gasteiger charge is 2.52. The highest BCUT2D eigenvalue weighted by molar-refractivity contribution is 5.96. The first-order valence-electron chi connectivity index (χ1n) is 22.6. The van der Waals surface area contributed by atoms with Crippen LogP contribution in [0.1, 0.15) is 108 Å². The normalized spacial score (nSPS) is 16.5. The molecule has 12 nitrogen and oxygen atoms in total. The summed E-state index contributed by atoms with van der Waals surface area (Å²) in [5.41, 5.74) is 12.5. The second kappa shape index (κ2) is 16.3. The smallest absolute Gasteiger partial charge is 0.407 e. The lowest BCUT2D eigenvalue weighted by molar-refractivity contribution is -0.121. The number of rotatable bonds is 13. The van der Waals surface area contributed by atoms with Gasteiger partial charge in [0.15, 0.2) is 23.0 Å². The molecule has 0 spiro atoms. The van der Waals surface area contributed by atoms with Crippen LogP contribution in [0.5, 0.6) is 23.0 Å². The second-order valence-electron chi connectivity index (χ2n) is 20.5. The van der Waals surface area contributed by atoms with E-state index in [1.807, 2.05) is 75.4 Å². The molecule has 12 heteroatoms. The van der Waals surface area contributed by atoms with Crippen molar-refractivity contribution in [2.75, 3.05) is 26.7 Å². The first-order valence-corrected chi connectivity index (χ1v) is 22.6. The molecular weight excluding hydrogens is 821 g/mol. The van der Waals surface area contributed by atoms with Crippen LogP contribution >= 0.6 is 0 Å². The number of ketones is 2. The predicted octanol–water partition coefficient (Wildman–Crippen LogP) is 9.52. The van der Waals surface area contributed by atoms with Crippen LogP contribution in [-0.4, -0.2) is 59.9 Å². The van der Waals surface area contributed by atoms with Gasteiger partial charge in [-0.1, -0.05) is 52.0 Å². The van der Waals surface area contributed by atoms with Gasteiger partial charge in [-0.3, -0.25) is 9.59 Å². The molecule has 340 valence electrons. The van der Waals surface area contributed by atoms with Crippen molar-refractivity contribution in [2.24, 2.45) is 5.73 Å². The Labute approximate surface area is 379 Å². The van der Waals surface area contributed by atoms with Crippen molar-refractivity contribution in [3.63, 3.8) is 0 Å². The van der Waals surface area contributed by atoms with Crippen LogP contribution in [0.15, 0.2) is 84.9 Å². The van der Waals surface area contributed by atoms with Crippen molar-refractivity contribution >= 4 is 39.5 Å². The third-order valence-corrected chi connectivity index (χ3v) is 13.6. The van der Waals surface area contributed by atoms with E-state index in [2.05, 4.69) is 73.3 Å². The van der Waals surface area contributed by atoms with Gasteiger partial charge in [0.05, 0.1) is 10.8 Å². The molecule has 2 aliphatic heterocycles. The molecule has 2 aliphatic carbocycles. The van der Waals surface area contributed by atoms with Gasteiger partial charge in [-0.05, 0) is 140 Å². The fraction of sp³-hybridized carbons (Fsp3) is 0.415. The topological polar surface area (TPSA) is 167 Å². The van der Waals surface area contributed by atoms with Gasteiger partial charge >= 0.3 is 6.09 Å². The van der Waals surface area contributed by atoms with Gasteiger partial charge in [0.2, 0.25) is 13.6 Å². The van der Waals surface area contributed by atoms with E-state index >= 15 is 0 Å². The largest absolute Gasteiger partial charge is 0.454 e. The van der Waals surface area contributed by atoms with Gasteiger partial charge in [0.25, 0.3) is 0 Å². The molecule has 10 rings (SSSR count). The Bertz CT molecular complexity index is 2820. The van der Waals surface area contributed by atoms with Crippen LogP contribution in [0, 0.1) is 0 Å². The van der Waals surface area contributed by atoms with Crippen molar-refractivity contribution in [1.29, 1.82) is 0 Å². The van der Waals surface area contributed by atoms with E-state index in [1.165, 1.54) is 0 Å².